The van der Waals surface area contributed by atoms with Gasteiger partial charge in [-0.2, -0.15) is 0 Å². The van der Waals surface area contributed by atoms with Gasteiger partial charge in [0, 0.05) is 42.5 Å². The SMILES string of the molecule is CCOc1cccc2sc(N(CCCN3CCOCC3)C(=O)CCCSc3ccc(Cl)cc3)nc12. The average molecular weight is 534 g/mol. The average Bonchev–Trinajstić information content (AvgIpc) is 3.31. The second kappa shape index (κ2) is 13.5. The second-order valence-corrected chi connectivity index (χ2v) is 10.9. The van der Waals surface area contributed by atoms with Crippen LogP contribution < -0.4 is 9.64 Å². The molecule has 0 spiro atoms. The van der Waals surface area contributed by atoms with Gasteiger partial charge in [-0.1, -0.05) is 29.0 Å². The Balaban J connectivity index is 1.40. The van der Waals surface area contributed by atoms with E-state index in [0.717, 1.165) is 77.6 Å². The lowest BCUT2D eigenvalue weighted by Gasteiger charge is -2.27. The van der Waals surface area contributed by atoms with Crippen molar-refractivity contribution >= 4 is 56.0 Å². The van der Waals surface area contributed by atoms with Crippen LogP contribution in [0.5, 0.6) is 5.75 Å². The normalized spacial score (nSPS) is 14.3. The lowest BCUT2D eigenvalue weighted by molar-refractivity contribution is -0.118. The first kappa shape index (κ1) is 26.2. The number of thiazole rings is 1. The molecule has 0 N–H and O–H groups in total. The molecule has 1 amide bonds. The van der Waals surface area contributed by atoms with E-state index in [2.05, 4.69) is 4.90 Å². The van der Waals surface area contributed by atoms with E-state index in [1.54, 1.807) is 23.1 Å². The minimum absolute atomic E-state index is 0.126. The summed E-state index contributed by atoms with van der Waals surface area (Å²) in [6, 6.07) is 13.8. The smallest absolute Gasteiger partial charge is 0.228 e. The minimum atomic E-state index is 0.126. The number of fused-ring (bicyclic) bond motifs is 1. The maximum atomic E-state index is 13.4. The van der Waals surface area contributed by atoms with E-state index >= 15 is 0 Å². The molecule has 0 radical (unpaired) electrons. The van der Waals surface area contributed by atoms with Crippen molar-refractivity contribution in [1.29, 1.82) is 0 Å². The van der Waals surface area contributed by atoms with E-state index in [9.17, 15) is 4.79 Å². The molecule has 0 saturated carbocycles. The number of ether oxygens (including phenoxy) is 2. The molecule has 6 nitrogen and oxygen atoms in total. The maximum absolute atomic E-state index is 13.4. The molecule has 2 heterocycles. The topological polar surface area (TPSA) is 54.9 Å². The van der Waals surface area contributed by atoms with E-state index in [4.69, 9.17) is 26.1 Å². The first-order valence-corrected chi connectivity index (χ1v) is 14.3. The van der Waals surface area contributed by atoms with E-state index in [0.29, 0.717) is 19.6 Å². The number of amides is 1. The number of para-hydroxylation sites is 1. The summed E-state index contributed by atoms with van der Waals surface area (Å²) in [4.78, 5) is 23.7. The summed E-state index contributed by atoms with van der Waals surface area (Å²) in [7, 11) is 0. The molecule has 0 unspecified atom stereocenters. The Kier molecular flexibility index (Phi) is 10.1. The molecule has 35 heavy (non-hydrogen) atoms. The molecule has 4 rings (SSSR count). The van der Waals surface area contributed by atoms with Crippen LogP contribution >= 0.6 is 34.7 Å². The zero-order valence-corrected chi connectivity index (χ0v) is 22.5. The molecule has 1 aromatic heterocycles. The molecular formula is C26H32ClN3O3S2. The largest absolute Gasteiger partial charge is 0.492 e. The number of aromatic nitrogens is 1. The number of carbonyl (C=O) groups excluding carboxylic acids is 1. The third-order valence-electron chi connectivity index (χ3n) is 5.78. The van der Waals surface area contributed by atoms with E-state index in [1.165, 1.54) is 4.90 Å². The zero-order valence-electron chi connectivity index (χ0n) is 20.1. The molecule has 2 aromatic carbocycles. The number of hydrogen-bond acceptors (Lipinski definition) is 7. The highest BCUT2D eigenvalue weighted by molar-refractivity contribution is 7.99. The van der Waals surface area contributed by atoms with E-state index < -0.39 is 0 Å². The molecule has 1 aliphatic rings. The van der Waals surface area contributed by atoms with Gasteiger partial charge in [0.1, 0.15) is 11.3 Å². The van der Waals surface area contributed by atoms with Gasteiger partial charge in [-0.25, -0.2) is 4.98 Å². The molecule has 1 fully saturated rings. The third kappa shape index (κ3) is 7.57. The highest BCUT2D eigenvalue weighted by Crippen LogP contribution is 2.34. The van der Waals surface area contributed by atoms with Crippen LogP contribution in [0.3, 0.4) is 0 Å². The van der Waals surface area contributed by atoms with Crippen LogP contribution in [0, 0.1) is 0 Å². The molecule has 1 aliphatic heterocycles. The van der Waals surface area contributed by atoms with Crippen LogP contribution in [-0.2, 0) is 9.53 Å². The van der Waals surface area contributed by atoms with Crippen molar-refractivity contribution in [3.8, 4) is 5.75 Å². The van der Waals surface area contributed by atoms with Crippen LogP contribution in [0.2, 0.25) is 5.02 Å². The van der Waals surface area contributed by atoms with Gasteiger partial charge in [0.05, 0.1) is 24.5 Å². The van der Waals surface area contributed by atoms with Crippen molar-refractivity contribution in [3.63, 3.8) is 0 Å². The van der Waals surface area contributed by atoms with Crippen molar-refractivity contribution in [1.82, 2.24) is 9.88 Å². The second-order valence-electron chi connectivity index (χ2n) is 8.29. The van der Waals surface area contributed by atoms with Crippen molar-refractivity contribution in [2.75, 3.05) is 56.7 Å². The Labute approximate surface area is 220 Å². The molecule has 3 aromatic rings. The number of rotatable bonds is 12. The Morgan fingerprint density at radius 1 is 1.20 bits per heavy atom. The van der Waals surface area contributed by atoms with Gasteiger partial charge in [-0.05, 0) is 61.9 Å². The monoisotopic (exact) mass is 533 g/mol. The number of benzene rings is 2. The zero-order chi connectivity index (χ0) is 24.5. The first-order chi connectivity index (χ1) is 17.1. The summed E-state index contributed by atoms with van der Waals surface area (Å²) in [6.07, 6.45) is 2.20. The predicted octanol–water partition coefficient (Wildman–Crippen LogP) is 5.98. The van der Waals surface area contributed by atoms with Crippen LogP contribution in [0.4, 0.5) is 5.13 Å². The summed E-state index contributed by atoms with van der Waals surface area (Å²) in [5.41, 5.74) is 0.832. The van der Waals surface area contributed by atoms with E-state index in [1.807, 2.05) is 54.3 Å². The fraction of sp³-hybridized carbons (Fsp3) is 0.462. The van der Waals surface area contributed by atoms with Crippen LogP contribution in [0.1, 0.15) is 26.2 Å². The van der Waals surface area contributed by atoms with Crippen molar-refractivity contribution in [3.05, 3.63) is 47.5 Å². The quantitative estimate of drug-likeness (QED) is 0.211. The predicted molar refractivity (Wildman–Crippen MR) is 146 cm³/mol. The number of halogens is 1. The number of morpholine rings is 1. The number of carbonyl (C=O) groups is 1. The van der Waals surface area contributed by atoms with Crippen molar-refractivity contribution in [2.24, 2.45) is 0 Å². The molecule has 0 atom stereocenters. The van der Waals surface area contributed by atoms with Crippen molar-refractivity contribution < 1.29 is 14.3 Å². The molecule has 188 valence electrons. The molecular weight excluding hydrogens is 502 g/mol. The molecule has 0 bridgehead atoms. The fourth-order valence-corrected chi connectivity index (χ4v) is 5.99. The lowest BCUT2D eigenvalue weighted by Crippen LogP contribution is -2.39. The van der Waals surface area contributed by atoms with Crippen molar-refractivity contribution in [2.45, 2.75) is 31.1 Å². The van der Waals surface area contributed by atoms with Gasteiger partial charge >= 0.3 is 0 Å². The fourth-order valence-electron chi connectivity index (χ4n) is 3.98. The Morgan fingerprint density at radius 3 is 2.77 bits per heavy atom. The first-order valence-electron chi connectivity index (χ1n) is 12.1. The molecule has 1 saturated heterocycles. The highest BCUT2D eigenvalue weighted by atomic mass is 35.5. The summed E-state index contributed by atoms with van der Waals surface area (Å²) < 4.78 is 12.3. The Hall–Kier alpha value is -1.84. The number of anilines is 1. The molecule has 0 aliphatic carbocycles. The highest BCUT2D eigenvalue weighted by Gasteiger charge is 2.21. The standard InChI is InChI=1S/C26H32ClN3O3S2/c1-2-33-22-6-3-7-23-25(22)28-26(35-23)30(14-5-13-29-15-17-32-18-16-29)24(31)8-4-19-34-21-11-9-20(27)10-12-21/h3,6-7,9-12H,2,4-5,8,13-19H2,1H3. The van der Waals surface area contributed by atoms with Gasteiger partial charge < -0.3 is 9.47 Å². The third-order valence-corrected chi connectivity index (χ3v) is 8.17. The summed E-state index contributed by atoms with van der Waals surface area (Å²) in [6.45, 7) is 7.63. The summed E-state index contributed by atoms with van der Waals surface area (Å²) >= 11 is 9.28. The van der Waals surface area contributed by atoms with Gasteiger partial charge in [0.15, 0.2) is 5.13 Å². The van der Waals surface area contributed by atoms with E-state index in [-0.39, 0.29) is 5.91 Å². The van der Waals surface area contributed by atoms with Gasteiger partial charge in [-0.15, -0.1) is 11.8 Å². The van der Waals surface area contributed by atoms with Crippen LogP contribution in [-0.4, -0.2) is 67.5 Å². The summed E-state index contributed by atoms with van der Waals surface area (Å²) in [5, 5.41) is 1.49. The van der Waals surface area contributed by atoms with Crippen LogP contribution in [0.15, 0.2) is 47.4 Å². The Bertz CT molecular complexity index is 1090. The Morgan fingerprint density at radius 2 is 2.00 bits per heavy atom. The summed E-state index contributed by atoms with van der Waals surface area (Å²) in [5.74, 6) is 1.77. The lowest BCUT2D eigenvalue weighted by atomic mass is 10.2. The number of nitrogens with zero attached hydrogens (tertiary/aromatic N) is 3. The van der Waals surface area contributed by atoms with Gasteiger partial charge in [0.2, 0.25) is 5.91 Å². The van der Waals surface area contributed by atoms with Gasteiger partial charge in [0.25, 0.3) is 0 Å². The minimum Gasteiger partial charge on any atom is -0.492 e. The van der Waals surface area contributed by atoms with Gasteiger partial charge in [-0.3, -0.25) is 14.6 Å². The maximum Gasteiger partial charge on any atom is 0.228 e. The molecule has 9 heteroatoms. The number of hydrogen-bond donors (Lipinski definition) is 0. The van der Waals surface area contributed by atoms with Crippen LogP contribution in [0.25, 0.3) is 10.2 Å². The number of thioether (sulfide) groups is 1.